The lowest BCUT2D eigenvalue weighted by Crippen LogP contribution is -2.18. The summed E-state index contributed by atoms with van der Waals surface area (Å²) in [5, 5.41) is 3.91. The highest BCUT2D eigenvalue weighted by Crippen LogP contribution is 2.37. The number of nitrogens with zero attached hydrogens (tertiary/aromatic N) is 1. The molecule has 5 nitrogen and oxygen atoms in total. The van der Waals surface area contributed by atoms with E-state index in [2.05, 4.69) is 10.3 Å². The number of para-hydroxylation sites is 1. The number of amides is 1. The average molecular weight is 448 g/mol. The largest absolute Gasteiger partial charge is 0.486 e. The number of aryl methyl sites for hydroxylation is 1. The van der Waals surface area contributed by atoms with Crippen molar-refractivity contribution in [1.82, 2.24) is 4.98 Å². The van der Waals surface area contributed by atoms with E-state index in [0.29, 0.717) is 41.7 Å². The van der Waals surface area contributed by atoms with E-state index in [1.807, 2.05) is 19.1 Å². The van der Waals surface area contributed by atoms with Crippen molar-refractivity contribution >= 4 is 34.3 Å². The molecule has 0 aliphatic carbocycles. The molecule has 1 N–H and O–H groups in total. The Kier molecular flexibility index (Phi) is 5.95. The Morgan fingerprint density at radius 3 is 2.55 bits per heavy atom. The van der Waals surface area contributed by atoms with Crippen LogP contribution in [0.2, 0.25) is 0 Å². The minimum Gasteiger partial charge on any atom is -0.486 e. The van der Waals surface area contributed by atoms with E-state index < -0.39 is 17.6 Å². The number of hydrogen-bond acceptors (Lipinski definition) is 5. The van der Waals surface area contributed by atoms with Crippen molar-refractivity contribution in [3.63, 3.8) is 0 Å². The number of carbonyl (C=O) groups excluding carboxylic acids is 1. The Bertz CT molecular complexity index is 1130. The summed E-state index contributed by atoms with van der Waals surface area (Å²) < 4.78 is 50.6. The van der Waals surface area contributed by atoms with Gasteiger partial charge in [0.05, 0.1) is 22.5 Å². The smallest absolute Gasteiger partial charge is 0.418 e. The topological polar surface area (TPSA) is 60.5 Å². The highest BCUT2D eigenvalue weighted by atomic mass is 32.2. The molecule has 1 aromatic heterocycles. The van der Waals surface area contributed by atoms with E-state index in [9.17, 15) is 18.0 Å². The first kappa shape index (κ1) is 21.3. The molecule has 1 amide bonds. The molecule has 3 aromatic rings. The molecular formula is C22H19F3N2O3S. The number of ether oxygens (including phenoxy) is 2. The van der Waals surface area contributed by atoms with Crippen LogP contribution < -0.4 is 14.8 Å². The maximum absolute atomic E-state index is 13.1. The highest BCUT2D eigenvalue weighted by molar-refractivity contribution is 8.00. The SMILES string of the molecule is CCc1cc2cc3c(cc2nc1SCC(=O)Nc1ccccc1C(F)(F)F)OCCO3. The minimum atomic E-state index is -4.54. The number of fused-ring (bicyclic) bond motifs is 2. The van der Waals surface area contributed by atoms with E-state index in [0.717, 1.165) is 17.0 Å². The number of anilines is 1. The van der Waals surface area contributed by atoms with E-state index in [1.54, 1.807) is 6.07 Å². The molecule has 0 unspecified atom stereocenters. The molecule has 2 heterocycles. The molecule has 0 saturated heterocycles. The summed E-state index contributed by atoms with van der Waals surface area (Å²) in [4.78, 5) is 17.0. The van der Waals surface area contributed by atoms with Crippen LogP contribution in [0.25, 0.3) is 10.9 Å². The molecule has 1 aliphatic rings. The number of halogens is 3. The molecule has 0 radical (unpaired) electrons. The fourth-order valence-electron chi connectivity index (χ4n) is 3.27. The maximum Gasteiger partial charge on any atom is 0.418 e. The lowest BCUT2D eigenvalue weighted by molar-refractivity contribution is -0.137. The summed E-state index contributed by atoms with van der Waals surface area (Å²) in [7, 11) is 0. The van der Waals surface area contributed by atoms with Crippen molar-refractivity contribution in [2.45, 2.75) is 24.5 Å². The number of benzene rings is 2. The summed E-state index contributed by atoms with van der Waals surface area (Å²) in [6, 6.07) is 10.6. The van der Waals surface area contributed by atoms with Gasteiger partial charge in [0, 0.05) is 11.5 Å². The van der Waals surface area contributed by atoms with Crippen LogP contribution in [0, 0.1) is 0 Å². The van der Waals surface area contributed by atoms with Gasteiger partial charge in [0.15, 0.2) is 11.5 Å². The maximum atomic E-state index is 13.1. The zero-order valence-corrected chi connectivity index (χ0v) is 17.4. The Balaban J connectivity index is 1.53. The molecule has 31 heavy (non-hydrogen) atoms. The van der Waals surface area contributed by atoms with Crippen LogP contribution in [-0.4, -0.2) is 29.9 Å². The first-order valence-corrected chi connectivity index (χ1v) is 10.7. The third kappa shape index (κ3) is 4.71. The van der Waals surface area contributed by atoms with Crippen LogP contribution in [-0.2, 0) is 17.4 Å². The Labute approximate surface area is 180 Å². The summed E-state index contributed by atoms with van der Waals surface area (Å²) in [5.74, 6) is 0.689. The Morgan fingerprint density at radius 1 is 1.13 bits per heavy atom. The van der Waals surface area contributed by atoms with Crippen molar-refractivity contribution in [3.8, 4) is 11.5 Å². The normalized spacial score (nSPS) is 13.3. The summed E-state index contributed by atoms with van der Waals surface area (Å²) in [6.07, 6.45) is -3.85. The number of aromatic nitrogens is 1. The molecule has 162 valence electrons. The fourth-order valence-corrected chi connectivity index (χ4v) is 4.17. The number of rotatable bonds is 5. The molecular weight excluding hydrogens is 429 g/mol. The first-order valence-electron chi connectivity index (χ1n) is 9.67. The van der Waals surface area contributed by atoms with Gasteiger partial charge in [-0.05, 0) is 36.2 Å². The van der Waals surface area contributed by atoms with Crippen molar-refractivity contribution < 1.29 is 27.4 Å². The number of alkyl halides is 3. The quantitative estimate of drug-likeness (QED) is 0.536. The number of nitrogens with one attached hydrogen (secondary N) is 1. The predicted molar refractivity (Wildman–Crippen MR) is 113 cm³/mol. The van der Waals surface area contributed by atoms with Crippen LogP contribution >= 0.6 is 11.8 Å². The molecule has 0 fully saturated rings. The molecule has 0 spiro atoms. The lowest BCUT2D eigenvalue weighted by atomic mass is 10.1. The molecule has 2 aromatic carbocycles. The second kappa shape index (κ2) is 8.66. The first-order chi connectivity index (χ1) is 14.8. The van der Waals surface area contributed by atoms with Gasteiger partial charge in [-0.1, -0.05) is 30.8 Å². The van der Waals surface area contributed by atoms with Gasteiger partial charge in [0.2, 0.25) is 5.91 Å². The Hall–Kier alpha value is -2.94. The van der Waals surface area contributed by atoms with Crippen LogP contribution in [0.1, 0.15) is 18.1 Å². The second-order valence-corrected chi connectivity index (χ2v) is 7.84. The van der Waals surface area contributed by atoms with Crippen molar-refractivity contribution in [1.29, 1.82) is 0 Å². The Morgan fingerprint density at radius 2 is 1.84 bits per heavy atom. The van der Waals surface area contributed by atoms with E-state index in [4.69, 9.17) is 9.47 Å². The predicted octanol–water partition coefficient (Wildman–Crippen LogP) is 5.32. The van der Waals surface area contributed by atoms with Gasteiger partial charge in [0.1, 0.15) is 18.2 Å². The van der Waals surface area contributed by atoms with E-state index in [-0.39, 0.29) is 11.4 Å². The van der Waals surface area contributed by atoms with Gasteiger partial charge in [-0.2, -0.15) is 13.2 Å². The second-order valence-electron chi connectivity index (χ2n) is 6.87. The fraction of sp³-hybridized carbons (Fsp3) is 0.273. The van der Waals surface area contributed by atoms with Crippen LogP contribution in [0.5, 0.6) is 11.5 Å². The van der Waals surface area contributed by atoms with Crippen molar-refractivity contribution in [3.05, 3.63) is 53.6 Å². The molecule has 0 saturated carbocycles. The summed E-state index contributed by atoms with van der Waals surface area (Å²) in [6.45, 7) is 2.93. The highest BCUT2D eigenvalue weighted by Gasteiger charge is 2.33. The third-order valence-corrected chi connectivity index (χ3v) is 5.78. The third-order valence-electron chi connectivity index (χ3n) is 4.75. The molecule has 9 heteroatoms. The van der Waals surface area contributed by atoms with Crippen LogP contribution in [0.4, 0.5) is 18.9 Å². The minimum absolute atomic E-state index is 0.0672. The summed E-state index contributed by atoms with van der Waals surface area (Å²) in [5.41, 5.74) is 0.509. The van der Waals surface area contributed by atoms with Crippen LogP contribution in [0.15, 0.2) is 47.5 Å². The van der Waals surface area contributed by atoms with Crippen molar-refractivity contribution in [2.75, 3.05) is 24.3 Å². The van der Waals surface area contributed by atoms with Gasteiger partial charge in [-0.3, -0.25) is 4.79 Å². The zero-order chi connectivity index (χ0) is 22.0. The zero-order valence-electron chi connectivity index (χ0n) is 16.6. The van der Waals surface area contributed by atoms with Gasteiger partial charge in [-0.25, -0.2) is 4.98 Å². The molecule has 1 aliphatic heterocycles. The van der Waals surface area contributed by atoms with E-state index >= 15 is 0 Å². The van der Waals surface area contributed by atoms with E-state index in [1.165, 1.54) is 30.0 Å². The lowest BCUT2D eigenvalue weighted by Gasteiger charge is -2.19. The number of pyridine rings is 1. The molecule has 4 rings (SSSR count). The number of thioether (sulfide) groups is 1. The van der Waals surface area contributed by atoms with Gasteiger partial charge >= 0.3 is 6.18 Å². The summed E-state index contributed by atoms with van der Waals surface area (Å²) >= 11 is 1.19. The number of hydrogen-bond donors (Lipinski definition) is 1. The van der Waals surface area contributed by atoms with Gasteiger partial charge < -0.3 is 14.8 Å². The molecule has 0 bridgehead atoms. The van der Waals surface area contributed by atoms with Gasteiger partial charge in [-0.15, -0.1) is 0 Å². The van der Waals surface area contributed by atoms with Crippen molar-refractivity contribution in [2.24, 2.45) is 0 Å². The standard InChI is InChI=1S/C22H19F3N2O3S/c1-2-13-9-14-10-18-19(30-8-7-29-18)11-17(14)27-21(13)31-12-20(28)26-16-6-4-3-5-15(16)22(23,24)25/h3-6,9-11H,2,7-8,12H2,1H3,(H,26,28). The molecule has 0 atom stereocenters. The average Bonchev–Trinajstić information content (AvgIpc) is 2.75. The van der Waals surface area contributed by atoms with Gasteiger partial charge in [0.25, 0.3) is 0 Å². The monoisotopic (exact) mass is 448 g/mol. The number of carbonyl (C=O) groups is 1. The van der Waals surface area contributed by atoms with Crippen LogP contribution in [0.3, 0.4) is 0 Å².